The summed E-state index contributed by atoms with van der Waals surface area (Å²) in [5.41, 5.74) is -0.495. The van der Waals surface area contributed by atoms with Crippen molar-refractivity contribution in [2.75, 3.05) is 13.1 Å². The van der Waals surface area contributed by atoms with E-state index in [0.29, 0.717) is 12.1 Å². The summed E-state index contributed by atoms with van der Waals surface area (Å²) in [6.07, 6.45) is -5.47. The zero-order valence-corrected chi connectivity index (χ0v) is 18.8. The van der Waals surface area contributed by atoms with Crippen molar-refractivity contribution in [3.05, 3.63) is 45.9 Å². The molecule has 1 atom stereocenters. The predicted molar refractivity (Wildman–Crippen MR) is 113 cm³/mol. The number of aliphatic imine (C=N–C) groups is 1. The monoisotopic (exact) mass is 566 g/mol. The van der Waals surface area contributed by atoms with Crippen molar-refractivity contribution in [2.24, 2.45) is 4.99 Å². The van der Waals surface area contributed by atoms with Crippen LogP contribution in [0.2, 0.25) is 0 Å². The minimum Gasteiger partial charge on any atom is -0.435 e. The summed E-state index contributed by atoms with van der Waals surface area (Å²) in [5.74, 6) is 0.258. The minimum absolute atomic E-state index is 0. The molecule has 0 saturated carbocycles. The van der Waals surface area contributed by atoms with Crippen molar-refractivity contribution >= 4 is 41.3 Å². The summed E-state index contributed by atoms with van der Waals surface area (Å²) in [6.45, 7) is -0.664. The fraction of sp³-hybridized carbons (Fsp3) is 0.412. The lowest BCUT2D eigenvalue weighted by molar-refractivity contribution is -0.140. The lowest BCUT2D eigenvalue weighted by Crippen LogP contribution is -2.39. The van der Waals surface area contributed by atoms with E-state index in [1.807, 2.05) is 0 Å². The zero-order valence-electron chi connectivity index (χ0n) is 15.6. The van der Waals surface area contributed by atoms with Crippen molar-refractivity contribution in [1.29, 1.82) is 0 Å². The van der Waals surface area contributed by atoms with E-state index in [1.165, 1.54) is 24.3 Å². The molecule has 0 bridgehead atoms. The van der Waals surface area contributed by atoms with E-state index in [9.17, 15) is 27.1 Å². The number of aliphatic hydroxyl groups is 1. The number of rotatable bonds is 8. The number of ether oxygens (including phenoxy) is 1. The Morgan fingerprint density at radius 1 is 1.23 bits per heavy atom. The first-order valence-electron chi connectivity index (χ1n) is 8.45. The molecule has 1 unspecified atom stereocenters. The van der Waals surface area contributed by atoms with Gasteiger partial charge in [-0.15, -0.1) is 35.3 Å². The van der Waals surface area contributed by atoms with Crippen LogP contribution in [-0.2, 0) is 12.7 Å². The molecular weight excluding hydrogens is 546 g/mol. The van der Waals surface area contributed by atoms with Crippen LogP contribution < -0.4 is 15.4 Å². The Morgan fingerprint density at radius 2 is 1.90 bits per heavy atom. The molecule has 13 heteroatoms. The maximum atomic E-state index is 12.6. The number of halogens is 6. The first kappa shape index (κ1) is 26.3. The number of guanidine groups is 1. The molecule has 1 aromatic heterocycles. The second-order valence-electron chi connectivity index (χ2n) is 5.66. The second-order valence-corrected chi connectivity index (χ2v) is 6.61. The third-order valence-corrected chi connectivity index (χ3v) is 4.35. The predicted octanol–water partition coefficient (Wildman–Crippen LogP) is 4.17. The van der Waals surface area contributed by atoms with Gasteiger partial charge in [0.25, 0.3) is 0 Å². The molecule has 0 spiro atoms. The first-order valence-corrected chi connectivity index (χ1v) is 9.33. The molecule has 0 radical (unpaired) electrons. The number of hydrogen-bond acceptors (Lipinski definition) is 5. The van der Waals surface area contributed by atoms with E-state index < -0.39 is 24.6 Å². The van der Waals surface area contributed by atoms with E-state index in [2.05, 4.69) is 25.3 Å². The molecule has 1 heterocycles. The molecule has 0 amide bonds. The highest BCUT2D eigenvalue weighted by Crippen LogP contribution is 2.30. The highest BCUT2D eigenvalue weighted by molar-refractivity contribution is 14.0. The highest BCUT2D eigenvalue weighted by atomic mass is 127. The number of aromatic nitrogens is 1. The largest absolute Gasteiger partial charge is 0.435 e. The number of nitrogens with one attached hydrogen (secondary N) is 2. The van der Waals surface area contributed by atoms with Gasteiger partial charge in [-0.25, -0.2) is 9.98 Å². The molecule has 0 saturated heterocycles. The minimum atomic E-state index is -4.50. The quantitative estimate of drug-likeness (QED) is 0.194. The van der Waals surface area contributed by atoms with E-state index in [0.717, 1.165) is 16.7 Å². The summed E-state index contributed by atoms with van der Waals surface area (Å²) in [4.78, 5) is 7.65. The van der Waals surface area contributed by atoms with Gasteiger partial charge in [-0.3, -0.25) is 0 Å². The van der Waals surface area contributed by atoms with Gasteiger partial charge in [0.2, 0.25) is 0 Å². The van der Waals surface area contributed by atoms with Crippen LogP contribution in [0, 0.1) is 0 Å². The Balaban J connectivity index is 0.00000450. The van der Waals surface area contributed by atoms with Crippen LogP contribution in [0.4, 0.5) is 22.0 Å². The number of aliphatic hydroxyl groups excluding tert-OH is 1. The maximum absolute atomic E-state index is 12.6. The summed E-state index contributed by atoms with van der Waals surface area (Å²) in [5, 5.41) is 17.1. The zero-order chi connectivity index (χ0) is 21.4. The summed E-state index contributed by atoms with van der Waals surface area (Å²) < 4.78 is 66.3. The van der Waals surface area contributed by atoms with Crippen molar-refractivity contribution < 1.29 is 31.8 Å². The fourth-order valence-corrected chi connectivity index (χ4v) is 2.91. The van der Waals surface area contributed by atoms with Gasteiger partial charge in [-0.05, 0) is 24.6 Å². The third kappa shape index (κ3) is 8.55. The average molecular weight is 566 g/mol. The van der Waals surface area contributed by atoms with E-state index >= 15 is 0 Å². The second kappa shape index (κ2) is 12.2. The summed E-state index contributed by atoms with van der Waals surface area (Å²) in [6, 6.07) is 5.51. The first-order chi connectivity index (χ1) is 13.7. The van der Waals surface area contributed by atoms with Crippen molar-refractivity contribution in [3.63, 3.8) is 0 Å². The molecular formula is C17H20F5IN4O2S. The van der Waals surface area contributed by atoms with Crippen molar-refractivity contribution in [2.45, 2.75) is 32.4 Å². The van der Waals surface area contributed by atoms with Crippen LogP contribution in [0.1, 0.15) is 29.3 Å². The highest BCUT2D eigenvalue weighted by Gasteiger charge is 2.33. The van der Waals surface area contributed by atoms with Crippen molar-refractivity contribution in [1.82, 2.24) is 15.6 Å². The smallest absolute Gasteiger partial charge is 0.434 e. The SMILES string of the molecule is CCNC(=NCc1nc(C(F)(F)F)cs1)NCC(O)c1ccc(OC(F)F)cc1.I. The van der Waals surface area contributed by atoms with E-state index in [1.54, 1.807) is 6.92 Å². The molecule has 0 aliphatic carbocycles. The summed E-state index contributed by atoms with van der Waals surface area (Å²) >= 11 is 0.855. The van der Waals surface area contributed by atoms with Crippen LogP contribution in [0.3, 0.4) is 0 Å². The Bertz CT molecular complexity index is 802. The van der Waals surface area contributed by atoms with Gasteiger partial charge < -0.3 is 20.5 Å². The Kier molecular flexibility index (Phi) is 10.7. The van der Waals surface area contributed by atoms with Gasteiger partial charge in [0, 0.05) is 18.5 Å². The molecule has 168 valence electrons. The van der Waals surface area contributed by atoms with Crippen molar-refractivity contribution in [3.8, 4) is 5.75 Å². The Hall–Kier alpha value is -1.74. The lowest BCUT2D eigenvalue weighted by Gasteiger charge is -2.16. The van der Waals surface area contributed by atoms with E-state index in [4.69, 9.17) is 0 Å². The molecule has 30 heavy (non-hydrogen) atoms. The number of hydrogen-bond donors (Lipinski definition) is 3. The molecule has 0 fully saturated rings. The van der Waals surface area contributed by atoms with Gasteiger partial charge in [0.1, 0.15) is 10.8 Å². The van der Waals surface area contributed by atoms with Gasteiger partial charge in [0.05, 0.1) is 12.6 Å². The molecule has 3 N–H and O–H groups in total. The number of alkyl halides is 5. The maximum Gasteiger partial charge on any atom is 0.434 e. The molecule has 6 nitrogen and oxygen atoms in total. The van der Waals surface area contributed by atoms with Gasteiger partial charge in [-0.1, -0.05) is 12.1 Å². The summed E-state index contributed by atoms with van der Waals surface area (Å²) in [7, 11) is 0. The Morgan fingerprint density at radius 3 is 2.43 bits per heavy atom. The van der Waals surface area contributed by atoms with Crippen LogP contribution in [-0.4, -0.2) is 35.8 Å². The molecule has 0 aliphatic heterocycles. The van der Waals surface area contributed by atoms with Crippen LogP contribution in [0.15, 0.2) is 34.6 Å². The third-order valence-electron chi connectivity index (χ3n) is 3.51. The van der Waals surface area contributed by atoms with Gasteiger partial charge in [0.15, 0.2) is 11.7 Å². The number of nitrogens with zero attached hydrogens (tertiary/aromatic N) is 2. The molecule has 2 aromatic rings. The van der Waals surface area contributed by atoms with Crippen LogP contribution >= 0.6 is 35.3 Å². The van der Waals surface area contributed by atoms with Crippen LogP contribution in [0.5, 0.6) is 5.75 Å². The standard InChI is InChI=1S/C17H19F5N4O2S.HI/c1-2-23-16(25-8-14-26-13(9-29-14)17(20,21)22)24-7-12(27)10-3-5-11(6-4-10)28-15(18)19;/h3-6,9,12,15,27H,2,7-8H2,1H3,(H2,23,24,25);1H. The molecule has 2 rings (SSSR count). The Labute approximate surface area is 190 Å². The fourth-order valence-electron chi connectivity index (χ4n) is 2.18. The van der Waals surface area contributed by atoms with Crippen LogP contribution in [0.25, 0.3) is 0 Å². The topological polar surface area (TPSA) is 78.8 Å². The normalized spacial score (nSPS) is 13.0. The average Bonchev–Trinajstić information content (AvgIpc) is 3.13. The molecule has 0 aliphatic rings. The molecule has 1 aromatic carbocycles. The number of benzene rings is 1. The van der Waals surface area contributed by atoms with E-state index in [-0.39, 0.29) is 53.8 Å². The van der Waals surface area contributed by atoms with Gasteiger partial charge >= 0.3 is 12.8 Å². The number of thiazole rings is 1. The van der Waals surface area contributed by atoms with Gasteiger partial charge in [-0.2, -0.15) is 22.0 Å². The lowest BCUT2D eigenvalue weighted by atomic mass is 10.1.